The third-order valence-electron chi connectivity index (χ3n) is 3.80. The number of carbonyl (C=O) groups excluding carboxylic acids is 1. The van der Waals surface area contributed by atoms with Crippen molar-refractivity contribution in [2.75, 3.05) is 24.4 Å². The van der Waals surface area contributed by atoms with Gasteiger partial charge >= 0.3 is 0 Å². The molecule has 0 radical (unpaired) electrons. The van der Waals surface area contributed by atoms with E-state index in [1.165, 1.54) is 5.56 Å². The van der Waals surface area contributed by atoms with E-state index in [0.29, 0.717) is 17.3 Å². The standard InChI is InChI=1S/C21H21N3O3/c1-15-7-9-16(10-8-15)23-17-11-12-20(22-13-17)24-21(25)14-27-19-6-4-3-5-18(19)26-2/h3-13,23H,14H2,1-2H3,(H,22,24,25). The molecule has 3 rings (SSSR count). The number of nitrogens with one attached hydrogen (secondary N) is 2. The zero-order chi connectivity index (χ0) is 19.1. The molecule has 0 saturated heterocycles. The van der Waals surface area contributed by atoms with Crippen LogP contribution in [0.4, 0.5) is 17.2 Å². The minimum absolute atomic E-state index is 0.134. The zero-order valence-electron chi connectivity index (χ0n) is 15.2. The Hall–Kier alpha value is -3.54. The summed E-state index contributed by atoms with van der Waals surface area (Å²) in [4.78, 5) is 16.3. The van der Waals surface area contributed by atoms with Crippen LogP contribution in [-0.2, 0) is 4.79 Å². The molecule has 138 valence electrons. The fraction of sp³-hybridized carbons (Fsp3) is 0.143. The molecule has 1 heterocycles. The van der Waals surface area contributed by atoms with Crippen LogP contribution in [0, 0.1) is 6.92 Å². The molecule has 0 aliphatic heterocycles. The van der Waals surface area contributed by atoms with Gasteiger partial charge in [0.2, 0.25) is 0 Å². The van der Waals surface area contributed by atoms with Gasteiger partial charge in [0.05, 0.1) is 19.0 Å². The maximum atomic E-state index is 12.1. The maximum Gasteiger partial charge on any atom is 0.263 e. The van der Waals surface area contributed by atoms with Crippen LogP contribution in [0.1, 0.15) is 5.56 Å². The van der Waals surface area contributed by atoms with Crippen molar-refractivity contribution in [3.8, 4) is 11.5 Å². The number of para-hydroxylation sites is 2. The Balaban J connectivity index is 1.53. The molecular weight excluding hydrogens is 342 g/mol. The lowest BCUT2D eigenvalue weighted by molar-refractivity contribution is -0.118. The van der Waals surface area contributed by atoms with Crippen LogP contribution in [0.3, 0.4) is 0 Å². The van der Waals surface area contributed by atoms with Crippen molar-refractivity contribution in [2.24, 2.45) is 0 Å². The van der Waals surface area contributed by atoms with E-state index < -0.39 is 0 Å². The molecule has 3 aromatic rings. The van der Waals surface area contributed by atoms with Gasteiger partial charge in [-0.25, -0.2) is 4.98 Å². The van der Waals surface area contributed by atoms with Gasteiger partial charge in [-0.3, -0.25) is 4.79 Å². The summed E-state index contributed by atoms with van der Waals surface area (Å²) in [5.74, 6) is 1.25. The van der Waals surface area contributed by atoms with Gasteiger partial charge in [-0.05, 0) is 43.3 Å². The number of rotatable bonds is 7. The molecule has 27 heavy (non-hydrogen) atoms. The van der Waals surface area contributed by atoms with Gasteiger partial charge in [0.1, 0.15) is 5.82 Å². The molecule has 2 aromatic carbocycles. The van der Waals surface area contributed by atoms with Gasteiger partial charge in [-0.15, -0.1) is 0 Å². The van der Waals surface area contributed by atoms with Gasteiger partial charge in [-0.2, -0.15) is 0 Å². The van der Waals surface area contributed by atoms with Crippen LogP contribution in [-0.4, -0.2) is 24.6 Å². The molecular formula is C21H21N3O3. The predicted octanol–water partition coefficient (Wildman–Crippen LogP) is 4.16. The number of anilines is 3. The van der Waals surface area contributed by atoms with E-state index in [1.807, 2.05) is 49.4 Å². The first kappa shape index (κ1) is 18.3. The minimum Gasteiger partial charge on any atom is -0.493 e. The first-order valence-electron chi connectivity index (χ1n) is 8.49. The lowest BCUT2D eigenvalue weighted by Gasteiger charge is -2.11. The first-order chi connectivity index (χ1) is 13.1. The Morgan fingerprint density at radius 3 is 2.33 bits per heavy atom. The molecule has 0 aliphatic rings. The highest BCUT2D eigenvalue weighted by Crippen LogP contribution is 2.25. The molecule has 6 heteroatoms. The number of benzene rings is 2. The molecule has 2 N–H and O–H groups in total. The summed E-state index contributed by atoms with van der Waals surface area (Å²) in [5.41, 5.74) is 3.01. The number of ether oxygens (including phenoxy) is 2. The van der Waals surface area contributed by atoms with Crippen molar-refractivity contribution >= 4 is 23.1 Å². The number of hydrogen-bond donors (Lipinski definition) is 2. The summed E-state index contributed by atoms with van der Waals surface area (Å²) in [6, 6.07) is 18.8. The lowest BCUT2D eigenvalue weighted by Crippen LogP contribution is -2.20. The van der Waals surface area contributed by atoms with Gasteiger partial charge in [0, 0.05) is 5.69 Å². The first-order valence-corrected chi connectivity index (χ1v) is 8.49. The van der Waals surface area contributed by atoms with Crippen LogP contribution in [0.2, 0.25) is 0 Å². The van der Waals surface area contributed by atoms with Crippen molar-refractivity contribution in [1.29, 1.82) is 0 Å². The number of aromatic nitrogens is 1. The zero-order valence-corrected chi connectivity index (χ0v) is 15.2. The second-order valence-corrected chi connectivity index (χ2v) is 5.91. The van der Waals surface area contributed by atoms with Crippen LogP contribution >= 0.6 is 0 Å². The van der Waals surface area contributed by atoms with E-state index >= 15 is 0 Å². The van der Waals surface area contributed by atoms with E-state index in [1.54, 1.807) is 31.5 Å². The monoisotopic (exact) mass is 363 g/mol. The number of hydrogen-bond acceptors (Lipinski definition) is 5. The molecule has 0 atom stereocenters. The summed E-state index contributed by atoms with van der Waals surface area (Å²) in [6.07, 6.45) is 1.66. The summed E-state index contributed by atoms with van der Waals surface area (Å²) in [7, 11) is 1.55. The number of pyridine rings is 1. The highest BCUT2D eigenvalue weighted by Gasteiger charge is 2.08. The highest BCUT2D eigenvalue weighted by molar-refractivity contribution is 5.91. The molecule has 0 unspecified atom stereocenters. The number of carbonyl (C=O) groups is 1. The van der Waals surface area contributed by atoms with E-state index in [-0.39, 0.29) is 12.5 Å². The number of amides is 1. The molecule has 0 spiro atoms. The van der Waals surface area contributed by atoms with Crippen LogP contribution in [0.25, 0.3) is 0 Å². The molecule has 1 amide bonds. The average Bonchev–Trinajstić information content (AvgIpc) is 2.70. The van der Waals surface area contributed by atoms with Crippen molar-refractivity contribution in [2.45, 2.75) is 6.92 Å². The van der Waals surface area contributed by atoms with Crippen molar-refractivity contribution < 1.29 is 14.3 Å². The minimum atomic E-state index is -0.298. The number of nitrogens with zero attached hydrogens (tertiary/aromatic N) is 1. The van der Waals surface area contributed by atoms with Crippen LogP contribution in [0.15, 0.2) is 66.9 Å². The normalized spacial score (nSPS) is 10.1. The van der Waals surface area contributed by atoms with E-state index in [2.05, 4.69) is 15.6 Å². The summed E-state index contributed by atoms with van der Waals surface area (Å²) in [6.45, 7) is 1.91. The Labute approximate surface area is 158 Å². The number of methoxy groups -OCH3 is 1. The quantitative estimate of drug-likeness (QED) is 0.659. The highest BCUT2D eigenvalue weighted by atomic mass is 16.5. The van der Waals surface area contributed by atoms with Gasteiger partial charge in [0.25, 0.3) is 5.91 Å². The molecule has 6 nitrogen and oxygen atoms in total. The predicted molar refractivity (Wildman–Crippen MR) is 106 cm³/mol. The Morgan fingerprint density at radius 1 is 0.963 bits per heavy atom. The largest absolute Gasteiger partial charge is 0.493 e. The summed E-state index contributed by atoms with van der Waals surface area (Å²) in [5, 5.41) is 5.96. The fourth-order valence-electron chi connectivity index (χ4n) is 2.41. The molecule has 0 aliphatic carbocycles. The third kappa shape index (κ3) is 5.22. The van der Waals surface area contributed by atoms with Gasteiger partial charge < -0.3 is 20.1 Å². The van der Waals surface area contributed by atoms with Crippen molar-refractivity contribution in [3.63, 3.8) is 0 Å². The Bertz CT molecular complexity index is 893. The smallest absolute Gasteiger partial charge is 0.263 e. The van der Waals surface area contributed by atoms with Crippen LogP contribution in [0.5, 0.6) is 11.5 Å². The topological polar surface area (TPSA) is 72.5 Å². The third-order valence-corrected chi connectivity index (χ3v) is 3.80. The van der Waals surface area contributed by atoms with Gasteiger partial charge in [-0.1, -0.05) is 29.8 Å². The fourth-order valence-corrected chi connectivity index (χ4v) is 2.41. The second-order valence-electron chi connectivity index (χ2n) is 5.91. The summed E-state index contributed by atoms with van der Waals surface area (Å²) >= 11 is 0. The molecule has 0 fully saturated rings. The van der Waals surface area contributed by atoms with Gasteiger partial charge in [0.15, 0.2) is 18.1 Å². The molecule has 0 saturated carbocycles. The molecule has 1 aromatic heterocycles. The Morgan fingerprint density at radius 2 is 1.67 bits per heavy atom. The van der Waals surface area contributed by atoms with E-state index in [9.17, 15) is 4.79 Å². The average molecular weight is 363 g/mol. The number of aryl methyl sites for hydroxylation is 1. The van der Waals surface area contributed by atoms with E-state index in [0.717, 1.165) is 11.4 Å². The maximum absolute atomic E-state index is 12.1. The molecule has 0 bridgehead atoms. The Kier molecular flexibility index (Phi) is 5.89. The van der Waals surface area contributed by atoms with Crippen molar-refractivity contribution in [1.82, 2.24) is 4.98 Å². The second kappa shape index (κ2) is 8.71. The lowest BCUT2D eigenvalue weighted by atomic mass is 10.2. The van der Waals surface area contributed by atoms with Crippen LogP contribution < -0.4 is 20.1 Å². The van der Waals surface area contributed by atoms with E-state index in [4.69, 9.17) is 9.47 Å². The summed E-state index contributed by atoms with van der Waals surface area (Å²) < 4.78 is 10.7. The SMILES string of the molecule is COc1ccccc1OCC(=O)Nc1ccc(Nc2ccc(C)cc2)cn1. The van der Waals surface area contributed by atoms with Crippen molar-refractivity contribution in [3.05, 3.63) is 72.4 Å².